The van der Waals surface area contributed by atoms with Crippen molar-refractivity contribution in [1.82, 2.24) is 9.97 Å². The van der Waals surface area contributed by atoms with Crippen LogP contribution in [0.2, 0.25) is 0 Å². The van der Waals surface area contributed by atoms with E-state index in [9.17, 15) is 17.6 Å². The summed E-state index contributed by atoms with van der Waals surface area (Å²) in [4.78, 5) is 6.75. The molecule has 0 aliphatic carbocycles. The highest BCUT2D eigenvalue weighted by Gasteiger charge is 2.27. The topological polar surface area (TPSA) is 47.0 Å². The Kier molecular flexibility index (Phi) is 3.28. The Morgan fingerprint density at radius 3 is 2.67 bits per heavy atom. The molecule has 1 aromatic rings. The van der Waals surface area contributed by atoms with Crippen molar-refractivity contribution >= 4 is 5.82 Å². The van der Waals surface area contributed by atoms with Crippen LogP contribution in [0.1, 0.15) is 0 Å². The maximum atomic E-state index is 12.9. The molecule has 8 heteroatoms. The van der Waals surface area contributed by atoms with Crippen LogP contribution in [-0.2, 0) is 0 Å². The standard InChI is InChI=1S/C7H7F4N3O/c1-15-6-12-2-4(8)5(14-6)13-3-7(9,10)11/h2H,3H2,1H3,(H,12,13,14). The van der Waals surface area contributed by atoms with Gasteiger partial charge in [0, 0.05) is 0 Å². The molecule has 0 saturated heterocycles. The third kappa shape index (κ3) is 3.56. The van der Waals surface area contributed by atoms with Gasteiger partial charge in [-0.2, -0.15) is 18.2 Å². The Bertz CT molecular complexity index is 341. The molecule has 1 N–H and O–H groups in total. The molecule has 0 bridgehead atoms. The zero-order valence-corrected chi connectivity index (χ0v) is 7.60. The summed E-state index contributed by atoms with van der Waals surface area (Å²) in [6.07, 6.45) is -3.71. The van der Waals surface area contributed by atoms with Gasteiger partial charge in [-0.3, -0.25) is 0 Å². The van der Waals surface area contributed by atoms with Gasteiger partial charge < -0.3 is 10.1 Å². The second kappa shape index (κ2) is 4.28. The summed E-state index contributed by atoms with van der Waals surface area (Å²) in [5, 5.41) is 1.80. The van der Waals surface area contributed by atoms with Gasteiger partial charge in [0.25, 0.3) is 0 Å². The first-order chi connectivity index (χ1) is 6.92. The lowest BCUT2D eigenvalue weighted by molar-refractivity contribution is -0.115. The summed E-state index contributed by atoms with van der Waals surface area (Å²) in [6, 6.07) is -0.207. The zero-order valence-electron chi connectivity index (χ0n) is 7.60. The maximum absolute atomic E-state index is 12.9. The second-order valence-corrected chi connectivity index (χ2v) is 2.52. The van der Waals surface area contributed by atoms with Gasteiger partial charge in [0.15, 0.2) is 11.6 Å². The van der Waals surface area contributed by atoms with E-state index in [1.54, 1.807) is 5.32 Å². The molecule has 1 rings (SSSR count). The van der Waals surface area contributed by atoms with E-state index >= 15 is 0 Å². The first-order valence-electron chi connectivity index (χ1n) is 3.79. The molecule has 0 radical (unpaired) electrons. The Hall–Kier alpha value is -1.60. The van der Waals surface area contributed by atoms with Crippen molar-refractivity contribution in [2.45, 2.75) is 6.18 Å². The summed E-state index contributed by atoms with van der Waals surface area (Å²) in [6.45, 7) is -1.37. The monoisotopic (exact) mass is 225 g/mol. The number of hydrogen-bond acceptors (Lipinski definition) is 4. The molecule has 0 aromatic carbocycles. The molecule has 1 heterocycles. The van der Waals surface area contributed by atoms with Crippen LogP contribution in [0, 0.1) is 5.82 Å². The van der Waals surface area contributed by atoms with Gasteiger partial charge >= 0.3 is 12.2 Å². The number of hydrogen-bond donors (Lipinski definition) is 1. The Morgan fingerprint density at radius 1 is 1.47 bits per heavy atom. The van der Waals surface area contributed by atoms with Crippen molar-refractivity contribution in [3.8, 4) is 6.01 Å². The minimum absolute atomic E-state index is 0.207. The number of aromatic nitrogens is 2. The number of ether oxygens (including phenoxy) is 1. The Morgan fingerprint density at radius 2 is 2.13 bits per heavy atom. The number of nitrogens with zero attached hydrogens (tertiary/aromatic N) is 2. The van der Waals surface area contributed by atoms with E-state index < -0.39 is 24.4 Å². The summed E-state index contributed by atoms with van der Waals surface area (Å²) in [7, 11) is 1.22. The largest absolute Gasteiger partial charge is 0.467 e. The molecule has 0 atom stereocenters. The lowest BCUT2D eigenvalue weighted by Gasteiger charge is -2.09. The summed E-state index contributed by atoms with van der Waals surface area (Å²) >= 11 is 0. The van der Waals surface area contributed by atoms with Gasteiger partial charge in [0.05, 0.1) is 13.3 Å². The van der Waals surface area contributed by atoms with Crippen LogP contribution in [0.3, 0.4) is 0 Å². The summed E-state index contributed by atoms with van der Waals surface area (Å²) in [5.41, 5.74) is 0. The third-order valence-electron chi connectivity index (χ3n) is 1.36. The van der Waals surface area contributed by atoms with Crippen molar-refractivity contribution in [3.05, 3.63) is 12.0 Å². The van der Waals surface area contributed by atoms with E-state index in [2.05, 4.69) is 14.7 Å². The van der Waals surface area contributed by atoms with Crippen molar-refractivity contribution in [2.24, 2.45) is 0 Å². The van der Waals surface area contributed by atoms with Crippen molar-refractivity contribution < 1.29 is 22.3 Å². The maximum Gasteiger partial charge on any atom is 0.405 e. The lowest BCUT2D eigenvalue weighted by Crippen LogP contribution is -2.22. The van der Waals surface area contributed by atoms with Crippen LogP contribution in [0.5, 0.6) is 6.01 Å². The number of anilines is 1. The smallest absolute Gasteiger partial charge is 0.405 e. The van der Waals surface area contributed by atoms with Gasteiger partial charge in [0.2, 0.25) is 0 Å². The molecule has 0 amide bonds. The fraction of sp³-hybridized carbons (Fsp3) is 0.429. The number of halogens is 4. The first kappa shape index (κ1) is 11.5. The molecular formula is C7H7F4N3O. The molecule has 0 aliphatic heterocycles. The fourth-order valence-corrected chi connectivity index (χ4v) is 0.757. The minimum atomic E-state index is -4.44. The highest BCUT2D eigenvalue weighted by atomic mass is 19.4. The molecule has 0 unspecified atom stereocenters. The average Bonchev–Trinajstić information content (AvgIpc) is 2.15. The van der Waals surface area contributed by atoms with E-state index in [0.29, 0.717) is 0 Å². The van der Waals surface area contributed by atoms with E-state index in [4.69, 9.17) is 0 Å². The van der Waals surface area contributed by atoms with Crippen molar-refractivity contribution in [2.75, 3.05) is 19.0 Å². The number of nitrogens with one attached hydrogen (secondary N) is 1. The van der Waals surface area contributed by atoms with E-state index in [1.807, 2.05) is 0 Å². The summed E-state index contributed by atoms with van der Waals surface area (Å²) in [5.74, 6) is -1.51. The van der Waals surface area contributed by atoms with Crippen LogP contribution < -0.4 is 10.1 Å². The van der Waals surface area contributed by atoms with Gasteiger partial charge in [-0.1, -0.05) is 0 Å². The third-order valence-corrected chi connectivity index (χ3v) is 1.36. The highest BCUT2D eigenvalue weighted by Crippen LogP contribution is 2.18. The lowest BCUT2D eigenvalue weighted by atomic mass is 10.5. The van der Waals surface area contributed by atoms with Crippen LogP contribution in [0.25, 0.3) is 0 Å². The molecule has 84 valence electrons. The second-order valence-electron chi connectivity index (χ2n) is 2.52. The number of alkyl halides is 3. The first-order valence-corrected chi connectivity index (χ1v) is 3.79. The Labute approximate surface area is 82.3 Å². The van der Waals surface area contributed by atoms with E-state index in [1.165, 1.54) is 7.11 Å². The van der Waals surface area contributed by atoms with Crippen LogP contribution in [0.4, 0.5) is 23.4 Å². The molecule has 1 aromatic heterocycles. The number of methoxy groups -OCH3 is 1. The van der Waals surface area contributed by atoms with E-state index in [0.717, 1.165) is 6.20 Å². The number of rotatable bonds is 3. The molecule has 0 saturated carbocycles. The van der Waals surface area contributed by atoms with E-state index in [-0.39, 0.29) is 6.01 Å². The fourth-order valence-electron chi connectivity index (χ4n) is 0.757. The predicted molar refractivity (Wildman–Crippen MR) is 43.1 cm³/mol. The van der Waals surface area contributed by atoms with Crippen LogP contribution in [0.15, 0.2) is 6.20 Å². The average molecular weight is 225 g/mol. The minimum Gasteiger partial charge on any atom is -0.467 e. The van der Waals surface area contributed by atoms with Crippen LogP contribution in [-0.4, -0.2) is 29.8 Å². The van der Waals surface area contributed by atoms with Crippen molar-refractivity contribution in [3.63, 3.8) is 0 Å². The predicted octanol–water partition coefficient (Wildman–Crippen LogP) is 1.60. The highest BCUT2D eigenvalue weighted by molar-refractivity contribution is 5.36. The van der Waals surface area contributed by atoms with Gasteiger partial charge in [-0.25, -0.2) is 9.37 Å². The van der Waals surface area contributed by atoms with Gasteiger partial charge in [-0.05, 0) is 0 Å². The molecule has 4 nitrogen and oxygen atoms in total. The molecule has 0 aliphatic rings. The normalized spacial score (nSPS) is 11.3. The molecule has 0 spiro atoms. The quantitative estimate of drug-likeness (QED) is 0.793. The zero-order chi connectivity index (χ0) is 11.5. The van der Waals surface area contributed by atoms with Crippen molar-refractivity contribution in [1.29, 1.82) is 0 Å². The molecule has 0 fully saturated rings. The van der Waals surface area contributed by atoms with Gasteiger partial charge in [-0.15, -0.1) is 0 Å². The SMILES string of the molecule is COc1ncc(F)c(NCC(F)(F)F)n1. The van der Waals surface area contributed by atoms with Gasteiger partial charge in [0.1, 0.15) is 6.54 Å². The van der Waals surface area contributed by atoms with Crippen LogP contribution >= 0.6 is 0 Å². The Balaban J connectivity index is 2.75. The molecule has 15 heavy (non-hydrogen) atoms. The summed E-state index contributed by atoms with van der Waals surface area (Å²) < 4.78 is 52.8. The molecular weight excluding hydrogens is 218 g/mol.